The number of pyridine rings is 1. The highest BCUT2D eigenvalue weighted by atomic mass is 16.5. The molecule has 3 aromatic rings. The molecular weight excluding hydrogens is 224 g/mol. The molecule has 2 aromatic heterocycles. The molecule has 3 rings (SSSR count). The minimum atomic E-state index is 0.657. The average Bonchev–Trinajstić information content (AvgIpc) is 2.83. The number of hydrogen-bond acceptors (Lipinski definition) is 2. The number of ether oxygens (including phenoxy) is 1. The molecule has 0 radical (unpaired) electrons. The number of rotatable bonds is 3. The molecule has 0 bridgehead atoms. The zero-order valence-electron chi connectivity index (χ0n) is 10.2. The van der Waals surface area contributed by atoms with Crippen molar-refractivity contribution in [3.8, 4) is 17.0 Å². The highest BCUT2D eigenvalue weighted by Crippen LogP contribution is 2.29. The molecule has 0 spiro atoms. The van der Waals surface area contributed by atoms with E-state index in [2.05, 4.69) is 4.98 Å². The summed E-state index contributed by atoms with van der Waals surface area (Å²) in [6.45, 7) is 2.64. The third-order valence-corrected chi connectivity index (χ3v) is 2.83. The number of aromatic nitrogens is 2. The van der Waals surface area contributed by atoms with E-state index < -0.39 is 0 Å². The highest BCUT2D eigenvalue weighted by molar-refractivity contribution is 5.69. The summed E-state index contributed by atoms with van der Waals surface area (Å²) in [5.41, 5.74) is 2.91. The second-order valence-corrected chi connectivity index (χ2v) is 4.02. The fourth-order valence-electron chi connectivity index (χ4n) is 2.02. The lowest BCUT2D eigenvalue weighted by atomic mass is 10.1. The molecule has 0 unspecified atom stereocenters. The Morgan fingerprint density at radius 3 is 2.78 bits per heavy atom. The monoisotopic (exact) mass is 238 g/mol. The van der Waals surface area contributed by atoms with Gasteiger partial charge in [-0.25, -0.2) is 4.98 Å². The number of nitrogens with zero attached hydrogens (tertiary/aromatic N) is 2. The van der Waals surface area contributed by atoms with Crippen LogP contribution < -0.4 is 4.74 Å². The van der Waals surface area contributed by atoms with E-state index in [1.807, 2.05) is 66.2 Å². The molecular formula is C15H14N2O. The van der Waals surface area contributed by atoms with Gasteiger partial charge >= 0.3 is 0 Å². The second-order valence-electron chi connectivity index (χ2n) is 4.02. The Bertz CT molecular complexity index is 640. The van der Waals surface area contributed by atoms with Gasteiger partial charge in [-0.05, 0) is 31.2 Å². The highest BCUT2D eigenvalue weighted by Gasteiger charge is 2.09. The molecule has 0 fully saturated rings. The van der Waals surface area contributed by atoms with Gasteiger partial charge in [0.1, 0.15) is 11.4 Å². The maximum absolute atomic E-state index is 5.64. The molecule has 0 aliphatic carbocycles. The van der Waals surface area contributed by atoms with Crippen molar-refractivity contribution in [1.29, 1.82) is 0 Å². The molecule has 90 valence electrons. The van der Waals surface area contributed by atoms with Crippen molar-refractivity contribution in [3.05, 3.63) is 54.9 Å². The van der Waals surface area contributed by atoms with Crippen LogP contribution in [0.25, 0.3) is 16.9 Å². The first-order chi connectivity index (χ1) is 8.88. The van der Waals surface area contributed by atoms with Gasteiger partial charge in [-0.15, -0.1) is 0 Å². The number of hydrogen-bond donors (Lipinski definition) is 0. The van der Waals surface area contributed by atoms with Gasteiger partial charge in [-0.3, -0.25) is 0 Å². The SMILES string of the molecule is CCOc1ccccc1-c1cn2ccccc2n1. The summed E-state index contributed by atoms with van der Waals surface area (Å²) in [6, 6.07) is 14.0. The van der Waals surface area contributed by atoms with Crippen molar-refractivity contribution < 1.29 is 4.74 Å². The van der Waals surface area contributed by atoms with Crippen molar-refractivity contribution in [3.63, 3.8) is 0 Å². The van der Waals surface area contributed by atoms with Crippen LogP contribution in [0.15, 0.2) is 54.9 Å². The minimum absolute atomic E-state index is 0.657. The van der Waals surface area contributed by atoms with Gasteiger partial charge in [0, 0.05) is 18.0 Å². The van der Waals surface area contributed by atoms with Crippen LogP contribution >= 0.6 is 0 Å². The average molecular weight is 238 g/mol. The Labute approximate surface area is 106 Å². The predicted octanol–water partition coefficient (Wildman–Crippen LogP) is 3.40. The first-order valence-electron chi connectivity index (χ1n) is 6.04. The van der Waals surface area contributed by atoms with E-state index in [4.69, 9.17) is 4.74 Å². The van der Waals surface area contributed by atoms with Gasteiger partial charge in [0.15, 0.2) is 0 Å². The number of imidazole rings is 1. The van der Waals surface area contributed by atoms with Gasteiger partial charge in [0.25, 0.3) is 0 Å². The van der Waals surface area contributed by atoms with Crippen LogP contribution in [0.2, 0.25) is 0 Å². The lowest BCUT2D eigenvalue weighted by molar-refractivity contribution is 0.341. The number of para-hydroxylation sites is 1. The molecule has 0 saturated carbocycles. The Kier molecular flexibility index (Phi) is 2.73. The summed E-state index contributed by atoms with van der Waals surface area (Å²) in [6.07, 6.45) is 4.02. The van der Waals surface area contributed by atoms with Gasteiger partial charge in [0.2, 0.25) is 0 Å². The third-order valence-electron chi connectivity index (χ3n) is 2.83. The Morgan fingerprint density at radius 2 is 1.94 bits per heavy atom. The van der Waals surface area contributed by atoms with Crippen LogP contribution in [-0.2, 0) is 0 Å². The minimum Gasteiger partial charge on any atom is -0.493 e. The molecule has 0 N–H and O–H groups in total. The molecule has 3 heteroatoms. The van der Waals surface area contributed by atoms with Crippen molar-refractivity contribution >= 4 is 5.65 Å². The maximum Gasteiger partial charge on any atom is 0.137 e. The molecule has 1 aromatic carbocycles. The molecule has 0 aliphatic rings. The van der Waals surface area contributed by atoms with Gasteiger partial charge in [-0.1, -0.05) is 18.2 Å². The summed E-state index contributed by atoms with van der Waals surface area (Å²) in [4.78, 5) is 4.61. The second kappa shape index (κ2) is 4.53. The summed E-state index contributed by atoms with van der Waals surface area (Å²) >= 11 is 0. The fraction of sp³-hybridized carbons (Fsp3) is 0.133. The van der Waals surface area contributed by atoms with Gasteiger partial charge in [-0.2, -0.15) is 0 Å². The summed E-state index contributed by atoms with van der Waals surface area (Å²) in [5, 5.41) is 0. The van der Waals surface area contributed by atoms with Crippen LogP contribution in [0.4, 0.5) is 0 Å². The van der Waals surface area contributed by atoms with E-state index in [1.165, 1.54) is 0 Å². The Morgan fingerprint density at radius 1 is 1.11 bits per heavy atom. The third kappa shape index (κ3) is 1.84. The van der Waals surface area contributed by atoms with Crippen molar-refractivity contribution in [2.45, 2.75) is 6.92 Å². The first kappa shape index (κ1) is 10.8. The number of fused-ring (bicyclic) bond motifs is 1. The van der Waals surface area contributed by atoms with E-state index in [1.54, 1.807) is 0 Å². The molecule has 0 amide bonds. The van der Waals surface area contributed by atoms with Gasteiger partial charge in [0.05, 0.1) is 12.3 Å². The quantitative estimate of drug-likeness (QED) is 0.699. The van der Waals surface area contributed by atoms with Crippen LogP contribution in [0.5, 0.6) is 5.75 Å². The molecule has 18 heavy (non-hydrogen) atoms. The first-order valence-corrected chi connectivity index (χ1v) is 6.04. The zero-order valence-corrected chi connectivity index (χ0v) is 10.2. The Balaban J connectivity index is 2.13. The largest absolute Gasteiger partial charge is 0.493 e. The maximum atomic E-state index is 5.64. The van der Waals surface area contributed by atoms with Crippen LogP contribution in [0.1, 0.15) is 6.92 Å². The topological polar surface area (TPSA) is 26.5 Å². The standard InChI is InChI=1S/C15H14N2O/c1-2-18-14-8-4-3-7-12(14)13-11-17-10-6-5-9-15(17)16-13/h3-11H,2H2,1H3. The zero-order chi connectivity index (χ0) is 12.4. The summed E-state index contributed by atoms with van der Waals surface area (Å²) in [7, 11) is 0. The molecule has 0 aliphatic heterocycles. The Hall–Kier alpha value is -2.29. The lowest BCUT2D eigenvalue weighted by Gasteiger charge is -2.07. The predicted molar refractivity (Wildman–Crippen MR) is 71.8 cm³/mol. The summed E-state index contributed by atoms with van der Waals surface area (Å²) < 4.78 is 7.65. The van der Waals surface area contributed by atoms with Crippen LogP contribution in [0.3, 0.4) is 0 Å². The lowest BCUT2D eigenvalue weighted by Crippen LogP contribution is -1.93. The van der Waals surface area contributed by atoms with Crippen LogP contribution in [-0.4, -0.2) is 16.0 Å². The molecule has 0 atom stereocenters. The van der Waals surface area contributed by atoms with E-state index in [9.17, 15) is 0 Å². The van der Waals surface area contributed by atoms with E-state index in [0.717, 1.165) is 22.7 Å². The van der Waals surface area contributed by atoms with Crippen molar-refractivity contribution in [2.75, 3.05) is 6.61 Å². The molecule has 2 heterocycles. The number of benzene rings is 1. The van der Waals surface area contributed by atoms with Crippen LogP contribution in [0, 0.1) is 0 Å². The summed E-state index contributed by atoms with van der Waals surface area (Å²) in [5.74, 6) is 0.878. The van der Waals surface area contributed by atoms with E-state index in [-0.39, 0.29) is 0 Å². The fourth-order valence-corrected chi connectivity index (χ4v) is 2.02. The van der Waals surface area contributed by atoms with Crippen molar-refractivity contribution in [1.82, 2.24) is 9.38 Å². The molecule has 3 nitrogen and oxygen atoms in total. The van der Waals surface area contributed by atoms with E-state index >= 15 is 0 Å². The molecule has 0 saturated heterocycles. The van der Waals surface area contributed by atoms with Gasteiger partial charge < -0.3 is 9.14 Å². The van der Waals surface area contributed by atoms with Crippen molar-refractivity contribution in [2.24, 2.45) is 0 Å². The normalized spacial score (nSPS) is 10.7. The smallest absolute Gasteiger partial charge is 0.137 e. The van der Waals surface area contributed by atoms with E-state index in [0.29, 0.717) is 6.61 Å².